The number of unbranched alkanes of at least 4 members (excludes halogenated alkanes) is 7. The minimum atomic E-state index is 0.324. The van der Waals surface area contributed by atoms with Crippen molar-refractivity contribution >= 4 is 5.91 Å². The number of nitrogens with zero attached hydrogens (tertiary/aromatic N) is 2. The Hall–Kier alpha value is -2.23. The van der Waals surface area contributed by atoms with Gasteiger partial charge in [0.05, 0.1) is 11.4 Å². The molecule has 1 amide bonds. The van der Waals surface area contributed by atoms with Gasteiger partial charge in [-0.25, -0.2) is 0 Å². The number of hydrogen-bond donors (Lipinski definition) is 1. The van der Waals surface area contributed by atoms with E-state index in [1.165, 1.54) is 82.6 Å². The molecule has 4 nitrogen and oxygen atoms in total. The summed E-state index contributed by atoms with van der Waals surface area (Å²) in [6.07, 6.45) is 22.5. The molecule has 0 spiro atoms. The van der Waals surface area contributed by atoms with E-state index in [0.29, 0.717) is 11.9 Å². The largest absolute Gasteiger partial charge is 0.353 e. The summed E-state index contributed by atoms with van der Waals surface area (Å²) in [6, 6.07) is 10.8. The quantitative estimate of drug-likeness (QED) is 0.315. The second kappa shape index (κ2) is 12.1. The SMILES string of the molecule is O=C(CCCCCCCCCCc1ccnc(-c2ccccn2)c1)NC1C2CC3CC(C2)CC1C3. The summed E-state index contributed by atoms with van der Waals surface area (Å²) in [5.41, 5.74) is 3.27. The number of nitrogens with one attached hydrogen (secondary N) is 1. The van der Waals surface area contributed by atoms with Gasteiger partial charge in [-0.3, -0.25) is 14.8 Å². The van der Waals surface area contributed by atoms with Crippen molar-refractivity contribution in [2.24, 2.45) is 23.7 Å². The molecule has 2 aromatic rings. The van der Waals surface area contributed by atoms with E-state index in [1.54, 1.807) is 0 Å². The van der Waals surface area contributed by atoms with E-state index in [0.717, 1.165) is 54.3 Å². The van der Waals surface area contributed by atoms with Gasteiger partial charge in [0.25, 0.3) is 0 Å². The first-order valence-corrected chi connectivity index (χ1v) is 14.4. The molecule has 4 fully saturated rings. The highest BCUT2D eigenvalue weighted by Crippen LogP contribution is 2.53. The van der Waals surface area contributed by atoms with Crippen LogP contribution in [0.15, 0.2) is 42.7 Å². The molecule has 2 heterocycles. The van der Waals surface area contributed by atoms with Crippen LogP contribution in [0.4, 0.5) is 0 Å². The summed E-state index contributed by atoms with van der Waals surface area (Å²) in [5, 5.41) is 3.47. The molecule has 4 aliphatic rings. The zero-order valence-electron chi connectivity index (χ0n) is 21.3. The van der Waals surface area contributed by atoms with Gasteiger partial charge in [-0.15, -0.1) is 0 Å². The van der Waals surface area contributed by atoms with E-state index in [2.05, 4.69) is 27.4 Å². The summed E-state index contributed by atoms with van der Waals surface area (Å²) < 4.78 is 0. The lowest BCUT2D eigenvalue weighted by molar-refractivity contribution is -0.125. The molecule has 4 bridgehead atoms. The molecule has 35 heavy (non-hydrogen) atoms. The predicted octanol–water partition coefficient (Wildman–Crippen LogP) is 7.14. The van der Waals surface area contributed by atoms with Gasteiger partial charge in [0.15, 0.2) is 0 Å². The lowest BCUT2D eigenvalue weighted by Gasteiger charge is -2.54. The van der Waals surface area contributed by atoms with Gasteiger partial charge in [0.1, 0.15) is 0 Å². The van der Waals surface area contributed by atoms with Crippen LogP contribution in [-0.2, 0) is 11.2 Å². The maximum Gasteiger partial charge on any atom is 0.220 e. The van der Waals surface area contributed by atoms with Crippen LogP contribution in [0.5, 0.6) is 0 Å². The van der Waals surface area contributed by atoms with Crippen LogP contribution in [0.2, 0.25) is 0 Å². The number of aromatic nitrogens is 2. The van der Waals surface area contributed by atoms with Crippen LogP contribution in [0.3, 0.4) is 0 Å². The van der Waals surface area contributed by atoms with Crippen LogP contribution < -0.4 is 5.32 Å². The zero-order valence-corrected chi connectivity index (χ0v) is 21.3. The first-order chi connectivity index (χ1) is 17.2. The van der Waals surface area contributed by atoms with Gasteiger partial charge in [-0.2, -0.15) is 0 Å². The molecular weight excluding hydrogens is 430 g/mol. The first kappa shape index (κ1) is 24.5. The van der Waals surface area contributed by atoms with E-state index < -0.39 is 0 Å². The molecule has 0 aliphatic heterocycles. The minimum Gasteiger partial charge on any atom is -0.353 e. The summed E-state index contributed by atoms with van der Waals surface area (Å²) in [4.78, 5) is 21.4. The highest BCUT2D eigenvalue weighted by atomic mass is 16.1. The smallest absolute Gasteiger partial charge is 0.220 e. The molecule has 4 aliphatic carbocycles. The van der Waals surface area contributed by atoms with Crippen molar-refractivity contribution in [2.75, 3.05) is 0 Å². The van der Waals surface area contributed by atoms with Gasteiger partial charge >= 0.3 is 0 Å². The maximum absolute atomic E-state index is 12.5. The normalized spacial score (nSPS) is 26.7. The minimum absolute atomic E-state index is 0.324. The molecule has 4 saturated carbocycles. The number of hydrogen-bond acceptors (Lipinski definition) is 3. The lowest BCUT2D eigenvalue weighted by Crippen LogP contribution is -2.55. The number of rotatable bonds is 13. The second-order valence-corrected chi connectivity index (χ2v) is 11.6. The second-order valence-electron chi connectivity index (χ2n) is 11.6. The predicted molar refractivity (Wildman–Crippen MR) is 142 cm³/mol. The van der Waals surface area contributed by atoms with Crippen molar-refractivity contribution < 1.29 is 4.79 Å². The molecule has 4 heteroatoms. The third kappa shape index (κ3) is 6.71. The Morgan fingerprint density at radius 1 is 0.743 bits per heavy atom. The van der Waals surface area contributed by atoms with Crippen molar-refractivity contribution in [3.05, 3.63) is 48.3 Å². The summed E-state index contributed by atoms with van der Waals surface area (Å²) in [6.45, 7) is 0. The Morgan fingerprint density at radius 2 is 1.40 bits per heavy atom. The highest BCUT2D eigenvalue weighted by molar-refractivity contribution is 5.76. The third-order valence-corrected chi connectivity index (χ3v) is 8.93. The van der Waals surface area contributed by atoms with Gasteiger partial charge in [0, 0.05) is 24.9 Å². The van der Waals surface area contributed by atoms with Crippen LogP contribution >= 0.6 is 0 Å². The number of aryl methyl sites for hydroxylation is 1. The van der Waals surface area contributed by atoms with Crippen LogP contribution in [0.1, 0.15) is 95.5 Å². The number of pyridine rings is 2. The number of amides is 1. The monoisotopic (exact) mass is 473 g/mol. The van der Waals surface area contributed by atoms with Gasteiger partial charge in [0.2, 0.25) is 5.91 Å². The summed E-state index contributed by atoms with van der Waals surface area (Å²) in [7, 11) is 0. The first-order valence-electron chi connectivity index (χ1n) is 14.4. The van der Waals surface area contributed by atoms with Crippen molar-refractivity contribution in [3.8, 4) is 11.4 Å². The third-order valence-electron chi connectivity index (χ3n) is 8.93. The summed E-state index contributed by atoms with van der Waals surface area (Å²) >= 11 is 0. The van der Waals surface area contributed by atoms with Crippen LogP contribution in [0, 0.1) is 23.7 Å². The fourth-order valence-electron chi connectivity index (χ4n) is 7.38. The topological polar surface area (TPSA) is 54.9 Å². The van der Waals surface area contributed by atoms with E-state index in [1.807, 2.05) is 30.6 Å². The molecule has 0 radical (unpaired) electrons. The molecule has 0 unspecified atom stereocenters. The summed E-state index contributed by atoms with van der Waals surface area (Å²) in [5.74, 6) is 3.86. The van der Waals surface area contributed by atoms with Crippen molar-refractivity contribution in [3.63, 3.8) is 0 Å². The Labute approximate surface area is 211 Å². The highest BCUT2D eigenvalue weighted by Gasteiger charge is 2.48. The molecule has 0 aromatic carbocycles. The molecule has 2 aromatic heterocycles. The van der Waals surface area contributed by atoms with E-state index in [9.17, 15) is 4.79 Å². The standard InChI is InChI=1S/C31H43N3O/c35-30(34-31-26-18-24-17-25(20-26)21-27(31)19-24)13-8-6-4-2-1-3-5-7-11-23-14-16-33-29(22-23)28-12-9-10-15-32-28/h9-10,12,14-16,22,24-27,31H,1-8,11,13,17-21H2,(H,34,35). The van der Waals surface area contributed by atoms with Crippen LogP contribution in [-0.4, -0.2) is 21.9 Å². The average Bonchev–Trinajstić information content (AvgIpc) is 2.87. The average molecular weight is 474 g/mol. The molecule has 0 saturated heterocycles. The Kier molecular flexibility index (Phi) is 8.49. The Morgan fingerprint density at radius 3 is 2.09 bits per heavy atom. The molecule has 188 valence electrons. The molecule has 6 rings (SSSR count). The van der Waals surface area contributed by atoms with Crippen molar-refractivity contribution in [2.45, 2.75) is 102 Å². The van der Waals surface area contributed by atoms with Crippen molar-refractivity contribution in [1.29, 1.82) is 0 Å². The van der Waals surface area contributed by atoms with Gasteiger partial charge in [-0.05, 0) is 105 Å². The number of carbonyl (C=O) groups excluding carboxylic acids is 1. The van der Waals surface area contributed by atoms with Gasteiger partial charge < -0.3 is 5.32 Å². The number of carbonyl (C=O) groups is 1. The Balaban J connectivity index is 0.881. The van der Waals surface area contributed by atoms with E-state index in [-0.39, 0.29) is 0 Å². The lowest BCUT2D eigenvalue weighted by atomic mass is 9.54. The maximum atomic E-state index is 12.5. The molecule has 1 N–H and O–H groups in total. The van der Waals surface area contributed by atoms with E-state index in [4.69, 9.17) is 0 Å². The fraction of sp³-hybridized carbons (Fsp3) is 0.645. The van der Waals surface area contributed by atoms with E-state index >= 15 is 0 Å². The Bertz CT molecular complexity index is 915. The molecular formula is C31H43N3O. The van der Waals surface area contributed by atoms with Gasteiger partial charge in [-0.1, -0.05) is 44.6 Å². The van der Waals surface area contributed by atoms with Crippen molar-refractivity contribution in [1.82, 2.24) is 15.3 Å². The zero-order chi connectivity index (χ0) is 23.9. The molecule has 0 atom stereocenters. The van der Waals surface area contributed by atoms with Crippen LogP contribution in [0.25, 0.3) is 11.4 Å². The fourth-order valence-corrected chi connectivity index (χ4v) is 7.38.